The Bertz CT molecular complexity index is 1390. The van der Waals surface area contributed by atoms with Gasteiger partial charge in [-0.2, -0.15) is 5.01 Å². The third-order valence-corrected chi connectivity index (χ3v) is 7.10. The number of nitrogens with zero attached hydrogens (tertiary/aromatic N) is 3. The molecule has 0 spiro atoms. The van der Waals surface area contributed by atoms with Gasteiger partial charge in [-0.05, 0) is 37.1 Å². The number of carbonyl (C=O) groups excluding carboxylic acids is 6. The number of piperidine rings is 2. The van der Waals surface area contributed by atoms with Gasteiger partial charge in [0, 0.05) is 59.4 Å². The van der Waals surface area contributed by atoms with Gasteiger partial charge in [0.2, 0.25) is 23.6 Å². The molecule has 0 aliphatic carbocycles. The van der Waals surface area contributed by atoms with Crippen LogP contribution in [0.1, 0.15) is 63.9 Å². The zero-order chi connectivity index (χ0) is 27.1. The molecule has 6 amide bonds. The third-order valence-electron chi connectivity index (χ3n) is 7.10. The Morgan fingerprint density at radius 1 is 0.737 bits per heavy atom. The van der Waals surface area contributed by atoms with Crippen LogP contribution in [0.2, 0.25) is 0 Å². The topological polar surface area (TPSA) is 176 Å². The van der Waals surface area contributed by atoms with E-state index in [2.05, 4.69) is 5.32 Å². The molecule has 12 heteroatoms. The molecule has 196 valence electrons. The summed E-state index contributed by atoms with van der Waals surface area (Å²) in [6, 6.07) is 9.63. The molecule has 5 N–H and O–H groups in total. The van der Waals surface area contributed by atoms with E-state index in [4.69, 9.17) is 11.5 Å². The smallest absolute Gasteiger partial charge is 0.273 e. The van der Waals surface area contributed by atoms with Gasteiger partial charge in [-0.15, -0.1) is 0 Å². The predicted molar refractivity (Wildman–Crippen MR) is 133 cm³/mol. The molecule has 1 unspecified atom stereocenters. The van der Waals surface area contributed by atoms with E-state index in [0.29, 0.717) is 60.3 Å². The van der Waals surface area contributed by atoms with E-state index in [1.807, 2.05) is 0 Å². The van der Waals surface area contributed by atoms with Crippen molar-refractivity contribution < 1.29 is 28.8 Å². The Labute approximate surface area is 217 Å². The summed E-state index contributed by atoms with van der Waals surface area (Å²) in [6.07, 6.45) is 1.75. The number of hydrogen-bond acceptors (Lipinski definition) is 8. The lowest BCUT2D eigenvalue weighted by Crippen LogP contribution is -2.52. The van der Waals surface area contributed by atoms with E-state index in [-0.39, 0.29) is 42.5 Å². The highest BCUT2D eigenvalue weighted by Gasteiger charge is 2.40. The molecule has 4 aliphatic heterocycles. The highest BCUT2D eigenvalue weighted by Crippen LogP contribution is 2.31. The standard InChI is InChI=1S/2C13H13N3O3/c14-10-4-1-3-8-9(10)7-15(13(8)19)16-11(17)5-2-6-12(16)18;14-9-3-1-2-7-8(9)6-16(13(7)19)10-4-5-11(17)15-12(10)18/h1,3-4H,2,5-7,14H2;1-3,10H,4-6,14H2,(H,15,17,18). The Hall–Kier alpha value is -4.74. The van der Waals surface area contributed by atoms with Gasteiger partial charge in [0.15, 0.2) is 0 Å². The van der Waals surface area contributed by atoms with Crippen molar-refractivity contribution >= 4 is 46.8 Å². The minimum atomic E-state index is -0.586. The van der Waals surface area contributed by atoms with Gasteiger partial charge in [0.1, 0.15) is 6.04 Å². The molecule has 0 aromatic heterocycles. The van der Waals surface area contributed by atoms with Crippen LogP contribution >= 0.6 is 0 Å². The molecule has 12 nitrogen and oxygen atoms in total. The molecule has 6 rings (SSSR count). The third kappa shape index (κ3) is 4.23. The second-order valence-electron chi connectivity index (χ2n) is 9.46. The average Bonchev–Trinajstić information content (AvgIpc) is 3.39. The summed E-state index contributed by atoms with van der Waals surface area (Å²) in [7, 11) is 0. The number of fused-ring (bicyclic) bond motifs is 2. The van der Waals surface area contributed by atoms with Crippen LogP contribution in [0.4, 0.5) is 11.4 Å². The van der Waals surface area contributed by atoms with Crippen molar-refractivity contribution in [1.29, 1.82) is 0 Å². The first-order valence-corrected chi connectivity index (χ1v) is 12.2. The number of amides is 6. The number of rotatable bonds is 2. The molecular formula is C26H26N6O6. The summed E-state index contributed by atoms with van der Waals surface area (Å²) >= 11 is 0. The lowest BCUT2D eigenvalue weighted by Gasteiger charge is -2.32. The molecule has 1 atom stereocenters. The van der Waals surface area contributed by atoms with Crippen LogP contribution in [-0.4, -0.2) is 56.4 Å². The Kier molecular flexibility index (Phi) is 6.31. The summed E-state index contributed by atoms with van der Waals surface area (Å²) in [5.41, 5.74) is 15.2. The van der Waals surface area contributed by atoms with Crippen LogP contribution in [0.5, 0.6) is 0 Å². The Morgan fingerprint density at radius 2 is 1.32 bits per heavy atom. The van der Waals surface area contributed by atoms with E-state index >= 15 is 0 Å². The molecule has 2 fully saturated rings. The summed E-state index contributed by atoms with van der Waals surface area (Å²) in [6.45, 7) is 0.505. The highest BCUT2D eigenvalue weighted by molar-refractivity contribution is 6.06. The summed E-state index contributed by atoms with van der Waals surface area (Å²) < 4.78 is 0. The number of nitrogens with one attached hydrogen (secondary N) is 1. The normalized spacial score (nSPS) is 20.7. The maximum absolute atomic E-state index is 12.3. The number of nitrogen functional groups attached to an aromatic ring is 2. The van der Waals surface area contributed by atoms with Crippen molar-refractivity contribution in [1.82, 2.24) is 20.2 Å². The van der Waals surface area contributed by atoms with E-state index < -0.39 is 11.9 Å². The molecule has 4 aliphatic rings. The number of anilines is 2. The van der Waals surface area contributed by atoms with Crippen molar-refractivity contribution in [2.45, 2.75) is 51.2 Å². The van der Waals surface area contributed by atoms with Crippen molar-refractivity contribution in [2.75, 3.05) is 11.5 Å². The van der Waals surface area contributed by atoms with Crippen LogP contribution < -0.4 is 16.8 Å². The Morgan fingerprint density at radius 3 is 1.87 bits per heavy atom. The lowest BCUT2D eigenvalue weighted by atomic mass is 10.0. The predicted octanol–water partition coefficient (Wildman–Crippen LogP) is 0.709. The summed E-state index contributed by atoms with van der Waals surface area (Å²) in [5, 5.41) is 4.44. The van der Waals surface area contributed by atoms with Crippen LogP contribution in [-0.2, 0) is 32.3 Å². The van der Waals surface area contributed by atoms with Gasteiger partial charge in [-0.1, -0.05) is 12.1 Å². The van der Waals surface area contributed by atoms with Crippen LogP contribution in [0, 0.1) is 0 Å². The Balaban J connectivity index is 0.000000155. The second kappa shape index (κ2) is 9.61. The second-order valence-corrected chi connectivity index (χ2v) is 9.46. The molecule has 4 heterocycles. The fourth-order valence-electron chi connectivity index (χ4n) is 5.12. The van der Waals surface area contributed by atoms with Gasteiger partial charge in [0.25, 0.3) is 11.8 Å². The lowest BCUT2D eigenvalue weighted by molar-refractivity contribution is -0.163. The molecule has 0 bridgehead atoms. The van der Waals surface area contributed by atoms with Gasteiger partial charge >= 0.3 is 0 Å². The molecule has 0 saturated carbocycles. The molecular weight excluding hydrogens is 492 g/mol. The molecule has 2 aromatic carbocycles. The number of hydrogen-bond donors (Lipinski definition) is 3. The van der Waals surface area contributed by atoms with E-state index in [9.17, 15) is 28.8 Å². The number of hydrazine groups is 1. The van der Waals surface area contributed by atoms with Gasteiger partial charge in [-0.3, -0.25) is 34.1 Å². The summed E-state index contributed by atoms with van der Waals surface area (Å²) in [5.74, 6) is -1.88. The van der Waals surface area contributed by atoms with Crippen molar-refractivity contribution in [3.05, 3.63) is 58.7 Å². The maximum atomic E-state index is 12.3. The van der Waals surface area contributed by atoms with Gasteiger partial charge in [-0.25, -0.2) is 5.01 Å². The fourth-order valence-corrected chi connectivity index (χ4v) is 5.12. The average molecular weight is 519 g/mol. The van der Waals surface area contributed by atoms with Crippen molar-refractivity contribution in [3.63, 3.8) is 0 Å². The van der Waals surface area contributed by atoms with Crippen molar-refractivity contribution in [3.8, 4) is 0 Å². The van der Waals surface area contributed by atoms with E-state index in [0.717, 1.165) is 10.6 Å². The first-order valence-electron chi connectivity index (χ1n) is 12.2. The maximum Gasteiger partial charge on any atom is 0.273 e. The zero-order valence-corrected chi connectivity index (χ0v) is 20.4. The largest absolute Gasteiger partial charge is 0.398 e. The number of benzene rings is 2. The molecule has 0 radical (unpaired) electrons. The quantitative estimate of drug-likeness (QED) is 0.384. The van der Waals surface area contributed by atoms with Gasteiger partial charge < -0.3 is 16.4 Å². The molecule has 2 aromatic rings. The fraction of sp³-hybridized carbons (Fsp3) is 0.308. The number of carbonyl (C=O) groups is 6. The monoisotopic (exact) mass is 518 g/mol. The first-order chi connectivity index (χ1) is 18.2. The number of imide groups is 2. The first kappa shape index (κ1) is 24.9. The zero-order valence-electron chi connectivity index (χ0n) is 20.4. The van der Waals surface area contributed by atoms with Crippen LogP contribution in [0.15, 0.2) is 36.4 Å². The SMILES string of the molecule is Nc1cccc2c1CN(C1CCC(=O)NC1=O)C2=O.Nc1cccc2c1CN(N1C(=O)CCCC1=O)C2=O. The van der Waals surface area contributed by atoms with Gasteiger partial charge in [0.05, 0.1) is 6.54 Å². The minimum absolute atomic E-state index is 0.179. The van der Waals surface area contributed by atoms with Crippen molar-refractivity contribution in [2.24, 2.45) is 0 Å². The molecule has 38 heavy (non-hydrogen) atoms. The summed E-state index contributed by atoms with van der Waals surface area (Å²) in [4.78, 5) is 72.7. The minimum Gasteiger partial charge on any atom is -0.398 e. The number of nitrogens with two attached hydrogens (primary N) is 2. The van der Waals surface area contributed by atoms with E-state index in [1.165, 1.54) is 9.91 Å². The van der Waals surface area contributed by atoms with Crippen LogP contribution in [0.25, 0.3) is 0 Å². The molecule has 2 saturated heterocycles. The van der Waals surface area contributed by atoms with E-state index in [1.54, 1.807) is 36.4 Å². The van der Waals surface area contributed by atoms with Crippen LogP contribution in [0.3, 0.4) is 0 Å². The highest BCUT2D eigenvalue weighted by atomic mass is 16.2.